The van der Waals surface area contributed by atoms with Gasteiger partial charge in [0.15, 0.2) is 5.78 Å². The lowest BCUT2D eigenvalue weighted by atomic mass is 9.46. The first-order valence-electron chi connectivity index (χ1n) is 13.5. The van der Waals surface area contributed by atoms with Crippen molar-refractivity contribution in [2.24, 2.45) is 34.5 Å². The van der Waals surface area contributed by atoms with E-state index in [2.05, 4.69) is 0 Å². The van der Waals surface area contributed by atoms with Gasteiger partial charge < -0.3 is 20.4 Å². The molecular formula is C27H44O9S. The minimum atomic E-state index is -4.73. The molecule has 4 aliphatic carbocycles. The molecule has 0 saturated heterocycles. The van der Waals surface area contributed by atoms with Gasteiger partial charge >= 0.3 is 10.4 Å². The Labute approximate surface area is 220 Å². The smallest absolute Gasteiger partial charge is 0.390 e. The van der Waals surface area contributed by atoms with Crippen LogP contribution >= 0.6 is 0 Å². The first kappa shape index (κ1) is 29.1. The van der Waals surface area contributed by atoms with E-state index in [1.165, 1.54) is 0 Å². The number of rotatable bonds is 7. The van der Waals surface area contributed by atoms with Crippen molar-refractivity contribution in [3.8, 4) is 0 Å². The number of aliphatic hydroxyl groups excluding tert-OH is 2. The van der Waals surface area contributed by atoms with E-state index in [1.807, 2.05) is 20.8 Å². The van der Waals surface area contributed by atoms with Crippen molar-refractivity contribution < 1.29 is 42.4 Å². The molecular weight excluding hydrogens is 500 g/mol. The van der Waals surface area contributed by atoms with E-state index in [4.69, 9.17) is 4.18 Å². The van der Waals surface area contributed by atoms with Gasteiger partial charge in [-0.3, -0.25) is 9.35 Å². The van der Waals surface area contributed by atoms with Crippen molar-refractivity contribution in [3.63, 3.8) is 0 Å². The lowest BCUT2D eigenvalue weighted by molar-refractivity contribution is -0.154. The quantitative estimate of drug-likeness (QED) is 0.303. The summed E-state index contributed by atoms with van der Waals surface area (Å²) in [5, 5.41) is 43.3. The van der Waals surface area contributed by atoms with Gasteiger partial charge in [-0.1, -0.05) is 20.8 Å². The number of ketones is 1. The van der Waals surface area contributed by atoms with Crippen molar-refractivity contribution in [2.75, 3.05) is 0 Å². The highest BCUT2D eigenvalue weighted by Crippen LogP contribution is 2.68. The molecule has 2 unspecified atom stereocenters. The molecule has 9 nitrogen and oxygen atoms in total. The van der Waals surface area contributed by atoms with Crippen molar-refractivity contribution in [1.29, 1.82) is 0 Å². The zero-order valence-corrected chi connectivity index (χ0v) is 23.4. The molecule has 0 heterocycles. The van der Waals surface area contributed by atoms with Crippen LogP contribution in [0.3, 0.4) is 0 Å². The number of carbonyl (C=O) groups is 1. The summed E-state index contributed by atoms with van der Waals surface area (Å²) in [4.78, 5) is 13.3. The minimum absolute atomic E-state index is 0.107. The van der Waals surface area contributed by atoms with Crippen LogP contribution in [0.5, 0.6) is 0 Å². The van der Waals surface area contributed by atoms with Crippen LogP contribution in [-0.2, 0) is 19.4 Å². The van der Waals surface area contributed by atoms with Gasteiger partial charge in [0.05, 0.1) is 29.5 Å². The maximum absolute atomic E-state index is 13.3. The monoisotopic (exact) mass is 544 g/mol. The molecule has 0 amide bonds. The molecule has 4 rings (SSSR count). The fourth-order valence-electron chi connectivity index (χ4n) is 8.56. The number of hydrogen-bond acceptors (Lipinski definition) is 8. The van der Waals surface area contributed by atoms with Gasteiger partial charge in [0.2, 0.25) is 0 Å². The molecule has 3 fully saturated rings. The summed E-state index contributed by atoms with van der Waals surface area (Å²) in [5.74, 6) is -1.16. The zero-order valence-electron chi connectivity index (χ0n) is 22.6. The third kappa shape index (κ3) is 4.96. The topological polar surface area (TPSA) is 162 Å². The Morgan fingerprint density at radius 2 is 1.78 bits per heavy atom. The van der Waals surface area contributed by atoms with Gasteiger partial charge in [0.1, 0.15) is 0 Å². The number of carbonyl (C=O) groups excluding carboxylic acids is 1. The minimum Gasteiger partial charge on any atom is -0.390 e. The largest absolute Gasteiger partial charge is 0.397 e. The third-order valence-electron chi connectivity index (χ3n) is 10.7. The highest BCUT2D eigenvalue weighted by atomic mass is 32.3. The van der Waals surface area contributed by atoms with Gasteiger partial charge in [0.25, 0.3) is 0 Å². The average Bonchev–Trinajstić information content (AvgIpc) is 3.03. The van der Waals surface area contributed by atoms with Crippen LogP contribution in [0.25, 0.3) is 0 Å². The van der Waals surface area contributed by atoms with Crippen molar-refractivity contribution in [2.45, 2.75) is 115 Å². The molecule has 4 aliphatic rings. The van der Waals surface area contributed by atoms with Crippen molar-refractivity contribution in [3.05, 3.63) is 11.6 Å². The summed E-state index contributed by atoms with van der Waals surface area (Å²) < 4.78 is 38.0. The highest BCUT2D eigenvalue weighted by Gasteiger charge is 2.67. The van der Waals surface area contributed by atoms with Crippen molar-refractivity contribution >= 4 is 16.2 Å². The standard InChI is InChI=1S/C27H44O9S/c1-15(23(36-37(33,34)35)8-9-24(2,3)31)16-7-11-27(32)18-12-20(28)19-13-21(29)22(30)14-25(19,4)17(18)6-10-26(16,27)5/h12,15-17,19,21-23,29-32H,6-11,13-14H2,1-5H3,(H,33,34,35)/t15-,16+,17?,19-,21+,22-,23?,25+,26+,27+/m0/s1. The van der Waals surface area contributed by atoms with E-state index in [1.54, 1.807) is 19.9 Å². The van der Waals surface area contributed by atoms with Gasteiger partial charge in [-0.15, -0.1) is 0 Å². The fourth-order valence-corrected chi connectivity index (χ4v) is 9.15. The first-order chi connectivity index (χ1) is 16.8. The summed E-state index contributed by atoms with van der Waals surface area (Å²) in [5.41, 5.74) is -2.86. The van der Waals surface area contributed by atoms with E-state index in [0.29, 0.717) is 37.7 Å². The second-order valence-electron chi connectivity index (χ2n) is 13.4. The number of allylic oxidation sites excluding steroid dienone is 1. The highest BCUT2D eigenvalue weighted by molar-refractivity contribution is 7.80. The van der Waals surface area contributed by atoms with Gasteiger partial charge in [0, 0.05) is 11.3 Å². The number of hydrogen-bond donors (Lipinski definition) is 5. The Hall–Kier alpha value is -0.880. The predicted molar refractivity (Wildman–Crippen MR) is 136 cm³/mol. The lowest BCUT2D eigenvalue weighted by Crippen LogP contribution is -2.61. The Kier molecular flexibility index (Phi) is 7.36. The molecule has 0 aliphatic heterocycles. The maximum atomic E-state index is 13.3. The van der Waals surface area contributed by atoms with E-state index in [0.717, 1.165) is 0 Å². The normalized spacial score (nSPS) is 43.9. The predicted octanol–water partition coefficient (Wildman–Crippen LogP) is 2.57. The molecule has 0 bridgehead atoms. The SMILES string of the molecule is C[C@H](C(CCC(C)(C)O)OS(=O)(=O)O)[C@H]1CC[C@@]2(O)C3=CC(=O)[C@@H]4C[C@@H](O)[C@@H](O)C[C@]4(C)C3CC[C@]12C. The van der Waals surface area contributed by atoms with E-state index in [9.17, 15) is 38.2 Å². The molecule has 3 saturated carbocycles. The Morgan fingerprint density at radius 1 is 1.14 bits per heavy atom. The number of fused-ring (bicyclic) bond motifs is 5. The summed E-state index contributed by atoms with van der Waals surface area (Å²) in [6, 6.07) is 0. The Morgan fingerprint density at radius 3 is 2.38 bits per heavy atom. The summed E-state index contributed by atoms with van der Waals surface area (Å²) in [7, 11) is -4.73. The van der Waals surface area contributed by atoms with Gasteiger partial charge in [-0.25, -0.2) is 4.18 Å². The molecule has 37 heavy (non-hydrogen) atoms. The van der Waals surface area contributed by atoms with Crippen LogP contribution in [0.1, 0.15) is 86.0 Å². The lowest BCUT2D eigenvalue weighted by Gasteiger charge is -2.60. The zero-order chi connectivity index (χ0) is 27.8. The Bertz CT molecular complexity index is 1050. The van der Waals surface area contributed by atoms with Crippen LogP contribution in [0.2, 0.25) is 0 Å². The Balaban J connectivity index is 1.66. The van der Waals surface area contributed by atoms with Crippen LogP contribution in [0.4, 0.5) is 0 Å². The van der Waals surface area contributed by atoms with Crippen LogP contribution in [0.15, 0.2) is 11.6 Å². The molecule has 10 heteroatoms. The summed E-state index contributed by atoms with van der Waals surface area (Å²) in [6.07, 6.45) is 2.16. The third-order valence-corrected chi connectivity index (χ3v) is 11.2. The van der Waals surface area contributed by atoms with Crippen LogP contribution in [-0.4, -0.2) is 68.7 Å². The van der Waals surface area contributed by atoms with E-state index in [-0.39, 0.29) is 42.8 Å². The molecule has 0 spiro atoms. The molecule has 0 aromatic carbocycles. The van der Waals surface area contributed by atoms with E-state index >= 15 is 0 Å². The maximum Gasteiger partial charge on any atom is 0.397 e. The molecule has 0 aromatic rings. The second kappa shape index (κ2) is 9.35. The molecule has 5 N–H and O–H groups in total. The first-order valence-corrected chi connectivity index (χ1v) is 14.9. The molecule has 0 aromatic heterocycles. The van der Waals surface area contributed by atoms with E-state index < -0.39 is 56.7 Å². The summed E-state index contributed by atoms with van der Waals surface area (Å²) >= 11 is 0. The summed E-state index contributed by atoms with van der Waals surface area (Å²) in [6.45, 7) is 9.11. The second-order valence-corrected chi connectivity index (χ2v) is 14.5. The fraction of sp³-hybridized carbons (Fsp3) is 0.889. The van der Waals surface area contributed by atoms with Crippen LogP contribution < -0.4 is 0 Å². The van der Waals surface area contributed by atoms with Crippen molar-refractivity contribution in [1.82, 2.24) is 0 Å². The molecule has 10 atom stereocenters. The van der Waals surface area contributed by atoms with Gasteiger partial charge in [-0.2, -0.15) is 8.42 Å². The number of aliphatic hydroxyl groups is 4. The van der Waals surface area contributed by atoms with Crippen LogP contribution in [0, 0.1) is 34.5 Å². The molecule has 212 valence electrons. The average molecular weight is 545 g/mol. The van der Waals surface area contributed by atoms with Gasteiger partial charge in [-0.05, 0) is 100 Å². The molecule has 0 radical (unpaired) electrons.